The molecule has 1 amide bonds. The molecule has 6 atom stereocenters. The molecule has 1 N–H and O–H groups in total. The van der Waals surface area contributed by atoms with E-state index in [1.807, 2.05) is 0 Å². The summed E-state index contributed by atoms with van der Waals surface area (Å²) in [5.74, 6) is 0.517. The molecular weight excluding hydrogens is 511 g/mol. The largest absolute Gasteiger partial charge is 0.417 e. The van der Waals surface area contributed by atoms with Crippen LogP contribution in [-0.2, 0) is 38.1 Å². The van der Waals surface area contributed by atoms with Crippen LogP contribution >= 0.6 is 0 Å². The summed E-state index contributed by atoms with van der Waals surface area (Å²) in [7, 11) is 1.70. The second-order valence-corrected chi connectivity index (χ2v) is 12.3. The number of rotatable bonds is 5. The van der Waals surface area contributed by atoms with Crippen LogP contribution in [0.2, 0.25) is 0 Å². The second-order valence-electron chi connectivity index (χ2n) is 12.3. The normalized spacial score (nSPS) is 35.6. The van der Waals surface area contributed by atoms with Crippen LogP contribution < -0.4 is 5.32 Å². The number of hydrogen-bond donors (Lipinski definition) is 1. The molecule has 3 unspecified atom stereocenters. The van der Waals surface area contributed by atoms with Crippen LogP contribution in [0.4, 0.5) is 13.2 Å². The van der Waals surface area contributed by atoms with Crippen molar-refractivity contribution in [2.24, 2.45) is 11.3 Å². The number of fused-ring (bicyclic) bond motifs is 2. The third kappa shape index (κ3) is 5.34. The number of amides is 1. The predicted octanol–water partition coefficient (Wildman–Crippen LogP) is 4.27. The number of halogens is 3. The van der Waals surface area contributed by atoms with Crippen molar-refractivity contribution in [1.82, 2.24) is 15.2 Å². The first kappa shape index (κ1) is 27.4. The van der Waals surface area contributed by atoms with Gasteiger partial charge in [-0.05, 0) is 56.1 Å². The molecule has 1 aromatic heterocycles. The lowest BCUT2D eigenvalue weighted by atomic mass is 9.75. The van der Waals surface area contributed by atoms with Crippen LogP contribution in [0.15, 0.2) is 12.3 Å². The summed E-state index contributed by atoms with van der Waals surface area (Å²) in [6, 6.07) is 1.44. The molecule has 4 fully saturated rings. The smallest absolute Gasteiger partial charge is 0.379 e. The van der Waals surface area contributed by atoms with E-state index in [-0.39, 0.29) is 42.8 Å². The Balaban J connectivity index is 1.23. The number of aromatic nitrogens is 1. The van der Waals surface area contributed by atoms with Gasteiger partial charge in [-0.25, -0.2) is 0 Å². The zero-order valence-electron chi connectivity index (χ0n) is 22.7. The van der Waals surface area contributed by atoms with Crippen LogP contribution in [0.1, 0.15) is 74.6 Å². The van der Waals surface area contributed by atoms with E-state index < -0.39 is 17.2 Å². The average Bonchev–Trinajstić information content (AvgIpc) is 3.47. The maximum Gasteiger partial charge on any atom is 0.417 e. The van der Waals surface area contributed by atoms with Gasteiger partial charge in [0.1, 0.15) is 0 Å². The first-order valence-electron chi connectivity index (χ1n) is 14.6. The van der Waals surface area contributed by atoms with E-state index in [9.17, 15) is 18.0 Å². The third-order valence-corrected chi connectivity index (χ3v) is 9.94. The Morgan fingerprint density at radius 2 is 2.03 bits per heavy atom. The van der Waals surface area contributed by atoms with E-state index in [4.69, 9.17) is 14.2 Å². The third-order valence-electron chi connectivity index (χ3n) is 9.94. The monoisotopic (exact) mass is 551 g/mol. The van der Waals surface area contributed by atoms with E-state index in [1.165, 1.54) is 25.3 Å². The van der Waals surface area contributed by atoms with Gasteiger partial charge < -0.3 is 24.4 Å². The number of nitrogens with zero attached hydrogens (tertiary/aromatic N) is 2. The molecule has 0 bridgehead atoms. The van der Waals surface area contributed by atoms with Gasteiger partial charge in [-0.15, -0.1) is 0 Å². The quantitative estimate of drug-likeness (QED) is 0.590. The van der Waals surface area contributed by atoms with Crippen molar-refractivity contribution in [1.29, 1.82) is 0 Å². The molecule has 216 valence electrons. The van der Waals surface area contributed by atoms with Crippen molar-refractivity contribution in [3.8, 4) is 0 Å². The molecule has 0 spiro atoms. The first-order chi connectivity index (χ1) is 18.8. The molecule has 2 aliphatic carbocycles. The van der Waals surface area contributed by atoms with Gasteiger partial charge in [0, 0.05) is 57.2 Å². The lowest BCUT2D eigenvalue weighted by Gasteiger charge is -2.37. The van der Waals surface area contributed by atoms with Crippen LogP contribution in [0.5, 0.6) is 0 Å². The maximum atomic E-state index is 14.4. The van der Waals surface area contributed by atoms with Crippen molar-refractivity contribution in [3.05, 3.63) is 29.1 Å². The zero-order valence-corrected chi connectivity index (χ0v) is 22.7. The van der Waals surface area contributed by atoms with Gasteiger partial charge in [0.25, 0.3) is 0 Å². The van der Waals surface area contributed by atoms with Gasteiger partial charge in [-0.3, -0.25) is 9.78 Å². The predicted molar refractivity (Wildman–Crippen MR) is 137 cm³/mol. The molecule has 2 saturated carbocycles. The van der Waals surface area contributed by atoms with E-state index >= 15 is 0 Å². The minimum atomic E-state index is -4.46. The van der Waals surface area contributed by atoms with Crippen molar-refractivity contribution in [3.63, 3.8) is 0 Å². The Kier molecular flexibility index (Phi) is 7.67. The standard InChI is InChI=1S/C29H40F3N3O4/c1-37-25-17-38-10-8-23(25)34-21-12-26-28(13-21,14-24(39-26)18-5-3-2-4-6-18)27(36)35-9-7-22-19(16-35)11-20(15-33-22)29(30,31)32/h11,15,18,21,23-26,34H,2-10,12-14,16-17H2,1H3/t21-,23?,24?,25?,26-,28+/m1/s1. The highest BCUT2D eigenvalue weighted by atomic mass is 19.4. The highest BCUT2D eigenvalue weighted by Crippen LogP contribution is 2.54. The molecule has 1 aromatic rings. The molecule has 10 heteroatoms. The number of carbonyl (C=O) groups is 1. The van der Waals surface area contributed by atoms with E-state index in [0.29, 0.717) is 56.2 Å². The molecule has 2 saturated heterocycles. The fourth-order valence-electron chi connectivity index (χ4n) is 7.89. The molecule has 5 aliphatic rings. The summed E-state index contributed by atoms with van der Waals surface area (Å²) in [5, 5.41) is 3.77. The van der Waals surface area contributed by atoms with Crippen LogP contribution in [0.3, 0.4) is 0 Å². The molecular formula is C29H40F3N3O4. The van der Waals surface area contributed by atoms with Crippen LogP contribution in [-0.4, -0.2) is 73.1 Å². The molecule has 7 nitrogen and oxygen atoms in total. The molecule has 3 aliphatic heterocycles. The van der Waals surface area contributed by atoms with Crippen LogP contribution in [0, 0.1) is 11.3 Å². The van der Waals surface area contributed by atoms with E-state index in [0.717, 1.165) is 31.9 Å². The second kappa shape index (κ2) is 10.9. The molecule has 39 heavy (non-hydrogen) atoms. The number of ether oxygens (including phenoxy) is 3. The summed E-state index contributed by atoms with van der Waals surface area (Å²) in [6.07, 6.45) is 5.72. The van der Waals surface area contributed by atoms with E-state index in [2.05, 4.69) is 10.3 Å². The summed E-state index contributed by atoms with van der Waals surface area (Å²) in [4.78, 5) is 20.3. The van der Waals surface area contributed by atoms with Crippen molar-refractivity contribution in [2.45, 2.75) is 107 Å². The number of pyridine rings is 1. The summed E-state index contributed by atoms with van der Waals surface area (Å²) >= 11 is 0. The lowest BCUT2D eigenvalue weighted by molar-refractivity contribution is -0.145. The molecule has 4 heterocycles. The Labute approximate surface area is 228 Å². The highest BCUT2D eigenvalue weighted by molar-refractivity contribution is 5.84. The van der Waals surface area contributed by atoms with Gasteiger partial charge in [0.15, 0.2) is 0 Å². The first-order valence-corrected chi connectivity index (χ1v) is 14.6. The molecule has 0 aromatic carbocycles. The van der Waals surface area contributed by atoms with Gasteiger partial charge in [-0.2, -0.15) is 13.2 Å². The number of alkyl halides is 3. The fraction of sp³-hybridized carbons (Fsp3) is 0.793. The topological polar surface area (TPSA) is 72.9 Å². The van der Waals surface area contributed by atoms with Crippen molar-refractivity contribution >= 4 is 5.91 Å². The highest BCUT2D eigenvalue weighted by Gasteiger charge is 2.61. The number of hydrogen-bond acceptors (Lipinski definition) is 6. The fourth-order valence-corrected chi connectivity index (χ4v) is 7.89. The van der Waals surface area contributed by atoms with Crippen molar-refractivity contribution in [2.75, 3.05) is 26.9 Å². The Morgan fingerprint density at radius 1 is 1.21 bits per heavy atom. The number of carbonyl (C=O) groups excluding carboxylic acids is 1. The minimum absolute atomic E-state index is 0.0318. The van der Waals surface area contributed by atoms with Gasteiger partial charge in [0.2, 0.25) is 5.91 Å². The Hall–Kier alpha value is -1.75. The van der Waals surface area contributed by atoms with Crippen LogP contribution in [0.25, 0.3) is 0 Å². The molecule has 0 radical (unpaired) electrons. The molecule has 6 rings (SSSR count). The van der Waals surface area contributed by atoms with Gasteiger partial charge >= 0.3 is 6.18 Å². The average molecular weight is 552 g/mol. The Morgan fingerprint density at radius 3 is 2.79 bits per heavy atom. The zero-order chi connectivity index (χ0) is 27.2. The minimum Gasteiger partial charge on any atom is -0.379 e. The van der Waals surface area contributed by atoms with Gasteiger partial charge in [-0.1, -0.05) is 19.3 Å². The summed E-state index contributed by atoms with van der Waals surface area (Å²) in [6.45, 7) is 1.86. The summed E-state index contributed by atoms with van der Waals surface area (Å²) in [5.41, 5.74) is -0.264. The van der Waals surface area contributed by atoms with Gasteiger partial charge in [0.05, 0.1) is 35.9 Å². The van der Waals surface area contributed by atoms with Crippen molar-refractivity contribution < 1.29 is 32.2 Å². The maximum absolute atomic E-state index is 14.4. The lowest BCUT2D eigenvalue weighted by Crippen LogP contribution is -2.51. The SMILES string of the molecule is COC1COCCC1N[C@@H]1C[C@H]2OC(C3CCCCC3)C[C@@]2(C(=O)N2CCc3ncc(C(F)(F)F)cc3C2)C1. The Bertz CT molecular complexity index is 1050. The number of methoxy groups -OCH3 is 1. The van der Waals surface area contributed by atoms with E-state index in [1.54, 1.807) is 12.0 Å². The summed E-state index contributed by atoms with van der Waals surface area (Å²) < 4.78 is 58.1. The number of nitrogens with one attached hydrogen (secondary N) is 1.